The van der Waals surface area contributed by atoms with Crippen molar-refractivity contribution in [1.29, 1.82) is 0 Å². The van der Waals surface area contributed by atoms with Crippen LogP contribution in [-0.4, -0.2) is 45.1 Å². The summed E-state index contributed by atoms with van der Waals surface area (Å²) in [7, 11) is 1.81. The molecule has 0 radical (unpaired) electrons. The number of nitrogens with zero attached hydrogens (tertiary/aromatic N) is 2. The van der Waals surface area contributed by atoms with Crippen LogP contribution in [0, 0.1) is 12.7 Å². The molecule has 4 aromatic rings. The molecule has 10 nitrogen and oxygen atoms in total. The van der Waals surface area contributed by atoms with Gasteiger partial charge in [0.1, 0.15) is 11.6 Å². The van der Waals surface area contributed by atoms with Gasteiger partial charge in [0, 0.05) is 12.7 Å². The number of aromatic nitrogens is 2. The fourth-order valence-electron chi connectivity index (χ4n) is 5.33. The third-order valence-corrected chi connectivity index (χ3v) is 7.39. The highest BCUT2D eigenvalue weighted by Gasteiger charge is 2.29. The van der Waals surface area contributed by atoms with Crippen LogP contribution in [0.4, 0.5) is 10.1 Å². The fraction of sp³-hybridized carbons (Fsp3) is 0.233. The zero-order valence-electron chi connectivity index (χ0n) is 22.3. The Labute approximate surface area is 233 Å². The van der Waals surface area contributed by atoms with Gasteiger partial charge >= 0.3 is 11.9 Å². The number of carbonyl (C=O) groups is 3. The van der Waals surface area contributed by atoms with Gasteiger partial charge in [-0.2, -0.15) is 0 Å². The van der Waals surface area contributed by atoms with Crippen molar-refractivity contribution in [2.75, 3.05) is 11.9 Å². The molecule has 210 valence electrons. The molecule has 1 aliphatic carbocycles. The van der Waals surface area contributed by atoms with E-state index in [0.717, 1.165) is 24.0 Å². The zero-order valence-corrected chi connectivity index (χ0v) is 22.3. The summed E-state index contributed by atoms with van der Waals surface area (Å²) in [6.07, 6.45) is 1.29. The van der Waals surface area contributed by atoms with Gasteiger partial charge in [0.05, 0.1) is 28.9 Å². The van der Waals surface area contributed by atoms with Crippen LogP contribution in [0.25, 0.3) is 10.9 Å². The Balaban J connectivity index is 1.35. The monoisotopic (exact) mass is 558 g/mol. The number of rotatable bonds is 8. The molecule has 3 aromatic carbocycles. The highest BCUT2D eigenvalue weighted by Crippen LogP contribution is 2.39. The van der Waals surface area contributed by atoms with E-state index in [4.69, 9.17) is 5.11 Å². The Morgan fingerprint density at radius 1 is 1.12 bits per heavy atom. The van der Waals surface area contributed by atoms with Crippen LogP contribution in [0.2, 0.25) is 0 Å². The van der Waals surface area contributed by atoms with Crippen LogP contribution in [0.1, 0.15) is 56.9 Å². The number of hydrogen-bond donors (Lipinski definition) is 4. The Kier molecular flexibility index (Phi) is 7.27. The van der Waals surface area contributed by atoms with Gasteiger partial charge in [-0.05, 0) is 72.4 Å². The van der Waals surface area contributed by atoms with Crippen molar-refractivity contribution in [1.82, 2.24) is 15.3 Å². The standard InChI is InChI=1S/C30H27FN4O6/c1-15-32-24-12-18-7-10-25(21(18)14-22(24)29(39)33-15)35(2)19-8-9-20(23(31)13-19)28(38)34-27(30(40)41)17-5-3-16(4-6-17)11-26(36)37/h3-6,8-9,12-14,25,27H,7,10-11H2,1-2H3,(H,34,38)(H,36,37)(H,40,41)(H,32,33,39)/t25?,27-/m1/s1. The summed E-state index contributed by atoms with van der Waals surface area (Å²) in [5.41, 5.74) is 3.31. The van der Waals surface area contributed by atoms with Gasteiger partial charge in [-0.3, -0.25) is 14.4 Å². The first kappa shape index (κ1) is 27.5. The second-order valence-electron chi connectivity index (χ2n) is 10.1. The van der Waals surface area contributed by atoms with Gasteiger partial charge in [-0.25, -0.2) is 14.2 Å². The molecule has 1 heterocycles. The summed E-state index contributed by atoms with van der Waals surface area (Å²) in [5, 5.41) is 21.4. The fourth-order valence-corrected chi connectivity index (χ4v) is 5.33. The van der Waals surface area contributed by atoms with Gasteiger partial charge in [0.15, 0.2) is 6.04 Å². The average Bonchev–Trinajstić information content (AvgIpc) is 3.33. The summed E-state index contributed by atoms with van der Waals surface area (Å²) in [4.78, 5) is 57.2. The lowest BCUT2D eigenvalue weighted by molar-refractivity contribution is -0.139. The minimum Gasteiger partial charge on any atom is -0.481 e. The Bertz CT molecular complexity index is 1750. The number of halogens is 1. The van der Waals surface area contributed by atoms with Crippen LogP contribution in [0.15, 0.2) is 59.4 Å². The highest BCUT2D eigenvalue weighted by atomic mass is 19.1. The maximum absolute atomic E-state index is 15.2. The summed E-state index contributed by atoms with van der Waals surface area (Å²) >= 11 is 0. The number of benzene rings is 3. The average molecular weight is 559 g/mol. The number of aromatic amines is 1. The maximum Gasteiger partial charge on any atom is 0.330 e. The van der Waals surface area contributed by atoms with Crippen molar-refractivity contribution in [3.8, 4) is 0 Å². The first-order valence-corrected chi connectivity index (χ1v) is 12.9. The third-order valence-electron chi connectivity index (χ3n) is 7.39. The van der Waals surface area contributed by atoms with E-state index in [1.807, 2.05) is 24.1 Å². The van der Waals surface area contributed by atoms with E-state index in [1.54, 1.807) is 13.0 Å². The topological polar surface area (TPSA) is 153 Å². The molecule has 0 fully saturated rings. The van der Waals surface area contributed by atoms with Crippen molar-refractivity contribution in [3.05, 3.63) is 104 Å². The molecule has 0 saturated carbocycles. The molecular formula is C30H27FN4O6. The number of carboxylic acid groups (broad SMARTS) is 2. The first-order valence-electron chi connectivity index (χ1n) is 12.9. The van der Waals surface area contributed by atoms with Crippen molar-refractivity contribution >= 4 is 34.4 Å². The molecule has 2 atom stereocenters. The largest absolute Gasteiger partial charge is 0.481 e. The van der Waals surface area contributed by atoms with Crippen LogP contribution < -0.4 is 15.8 Å². The number of aryl methyl sites for hydroxylation is 2. The lowest BCUT2D eigenvalue weighted by Crippen LogP contribution is -2.34. The van der Waals surface area contributed by atoms with Crippen LogP contribution >= 0.6 is 0 Å². The third kappa shape index (κ3) is 5.51. The van der Waals surface area contributed by atoms with E-state index in [0.29, 0.717) is 28.0 Å². The normalized spacial score (nSPS) is 14.9. The molecule has 41 heavy (non-hydrogen) atoms. The molecule has 5 rings (SSSR count). The number of carbonyl (C=O) groups excluding carboxylic acids is 1. The highest BCUT2D eigenvalue weighted by molar-refractivity contribution is 5.97. The molecule has 1 unspecified atom stereocenters. The molecule has 0 bridgehead atoms. The molecule has 1 aliphatic rings. The Morgan fingerprint density at radius 2 is 1.85 bits per heavy atom. The first-order chi connectivity index (χ1) is 19.5. The number of carboxylic acids is 2. The number of amides is 1. The van der Waals surface area contributed by atoms with Crippen LogP contribution in [0.5, 0.6) is 0 Å². The molecule has 4 N–H and O–H groups in total. The predicted octanol–water partition coefficient (Wildman–Crippen LogP) is 3.68. The lowest BCUT2D eigenvalue weighted by Gasteiger charge is -2.28. The number of anilines is 1. The zero-order chi connectivity index (χ0) is 29.4. The number of aliphatic carboxylic acids is 2. The van der Waals surface area contributed by atoms with Crippen molar-refractivity contribution in [3.63, 3.8) is 0 Å². The van der Waals surface area contributed by atoms with Gasteiger partial charge < -0.3 is 25.4 Å². The smallest absolute Gasteiger partial charge is 0.330 e. The molecule has 0 aliphatic heterocycles. The second kappa shape index (κ2) is 10.8. The molecule has 0 saturated heterocycles. The summed E-state index contributed by atoms with van der Waals surface area (Å²) in [5.74, 6) is -3.56. The van der Waals surface area contributed by atoms with Crippen molar-refractivity contribution < 1.29 is 29.0 Å². The van der Waals surface area contributed by atoms with E-state index in [-0.39, 0.29) is 29.1 Å². The molecular weight excluding hydrogens is 531 g/mol. The van der Waals surface area contributed by atoms with E-state index in [9.17, 15) is 24.3 Å². The van der Waals surface area contributed by atoms with Crippen LogP contribution in [-0.2, 0) is 22.4 Å². The Hall–Kier alpha value is -5.06. The van der Waals surface area contributed by atoms with Gasteiger partial charge in [-0.1, -0.05) is 24.3 Å². The van der Waals surface area contributed by atoms with Gasteiger partial charge in [0.2, 0.25) is 0 Å². The number of fused-ring (bicyclic) bond motifs is 2. The maximum atomic E-state index is 15.2. The number of nitrogens with one attached hydrogen (secondary N) is 2. The quantitative estimate of drug-likeness (QED) is 0.256. The number of H-pyrrole nitrogens is 1. The predicted molar refractivity (Wildman–Crippen MR) is 149 cm³/mol. The minimum atomic E-state index is -1.46. The van der Waals surface area contributed by atoms with Gasteiger partial charge in [-0.15, -0.1) is 0 Å². The molecule has 1 amide bonds. The number of hydrogen-bond acceptors (Lipinski definition) is 6. The lowest BCUT2D eigenvalue weighted by atomic mass is 10.0. The van der Waals surface area contributed by atoms with Crippen molar-refractivity contribution in [2.45, 2.75) is 38.3 Å². The molecule has 1 aromatic heterocycles. The van der Waals surface area contributed by atoms with E-state index >= 15 is 4.39 Å². The Morgan fingerprint density at radius 3 is 2.51 bits per heavy atom. The summed E-state index contributed by atoms with van der Waals surface area (Å²) in [6.45, 7) is 1.73. The van der Waals surface area contributed by atoms with Gasteiger partial charge in [0.25, 0.3) is 11.5 Å². The van der Waals surface area contributed by atoms with Crippen LogP contribution in [0.3, 0.4) is 0 Å². The summed E-state index contributed by atoms with van der Waals surface area (Å²) < 4.78 is 15.2. The molecule has 11 heteroatoms. The van der Waals surface area contributed by atoms with Crippen molar-refractivity contribution in [2.24, 2.45) is 0 Å². The van der Waals surface area contributed by atoms with E-state index in [1.165, 1.54) is 36.4 Å². The summed E-state index contributed by atoms with van der Waals surface area (Å²) in [6, 6.07) is 12.0. The SMILES string of the molecule is Cc1nc2cc3c(cc2c(=O)[nH]1)C(N(C)c1ccc(C(=O)N[C@@H](C(=O)O)c2ccc(CC(=O)O)cc2)c(F)c1)CC3. The molecule has 0 spiro atoms. The second-order valence-corrected chi connectivity index (χ2v) is 10.1. The van der Waals surface area contributed by atoms with E-state index in [2.05, 4.69) is 15.3 Å². The van der Waals surface area contributed by atoms with E-state index < -0.39 is 29.7 Å². The minimum absolute atomic E-state index is 0.130.